The molecule has 0 atom stereocenters. The zero-order chi connectivity index (χ0) is 23.6. The average molecular weight is 440 g/mol. The molecule has 2 aromatic rings. The third kappa shape index (κ3) is 8.37. The number of amides is 1. The maximum atomic E-state index is 12.2. The van der Waals surface area contributed by atoms with Gasteiger partial charge in [-0.05, 0) is 36.8 Å². The number of nitrogens with zero attached hydrogens (tertiary/aromatic N) is 1. The average Bonchev–Trinajstić information content (AvgIpc) is 2.72. The summed E-state index contributed by atoms with van der Waals surface area (Å²) >= 11 is 0. The molecular formula is C21H23F3N2O5. The number of benzene rings is 2. The molecule has 7 nitrogen and oxygen atoms in total. The molecular weight excluding hydrogens is 417 g/mol. The van der Waals surface area contributed by atoms with Gasteiger partial charge in [0.25, 0.3) is 5.91 Å². The van der Waals surface area contributed by atoms with Gasteiger partial charge in [-0.1, -0.05) is 31.5 Å². The number of hydrogen-bond acceptors (Lipinski definition) is 4. The molecule has 0 unspecified atom stereocenters. The first-order chi connectivity index (χ1) is 14.5. The number of anilines is 2. The van der Waals surface area contributed by atoms with Crippen LogP contribution in [0.1, 0.15) is 40.5 Å². The molecule has 31 heavy (non-hydrogen) atoms. The van der Waals surface area contributed by atoms with Gasteiger partial charge in [0, 0.05) is 24.8 Å². The second kappa shape index (κ2) is 11.6. The Morgan fingerprint density at radius 2 is 1.61 bits per heavy atom. The van der Waals surface area contributed by atoms with Gasteiger partial charge < -0.3 is 20.4 Å². The predicted molar refractivity (Wildman–Crippen MR) is 110 cm³/mol. The van der Waals surface area contributed by atoms with Crippen LogP contribution in [0.3, 0.4) is 0 Å². The number of aromatic carboxylic acids is 1. The van der Waals surface area contributed by atoms with Gasteiger partial charge in [-0.3, -0.25) is 4.79 Å². The number of carboxylic acids is 2. The first-order valence-electron chi connectivity index (χ1n) is 9.22. The van der Waals surface area contributed by atoms with Gasteiger partial charge in [-0.15, -0.1) is 0 Å². The fourth-order valence-corrected chi connectivity index (χ4v) is 2.43. The summed E-state index contributed by atoms with van der Waals surface area (Å²) in [6.45, 7) is 2.88. The summed E-state index contributed by atoms with van der Waals surface area (Å²) in [5.41, 5.74) is 1.82. The lowest BCUT2D eigenvalue weighted by Gasteiger charge is -2.21. The quantitative estimate of drug-likeness (QED) is 0.585. The largest absolute Gasteiger partial charge is 0.490 e. The number of halogens is 3. The van der Waals surface area contributed by atoms with E-state index in [4.69, 9.17) is 9.90 Å². The van der Waals surface area contributed by atoms with Gasteiger partial charge in [0.2, 0.25) is 0 Å². The van der Waals surface area contributed by atoms with Crippen molar-refractivity contribution in [2.45, 2.75) is 25.9 Å². The van der Waals surface area contributed by atoms with Crippen LogP contribution in [0, 0.1) is 0 Å². The molecule has 0 radical (unpaired) electrons. The van der Waals surface area contributed by atoms with Crippen LogP contribution < -0.4 is 10.2 Å². The summed E-state index contributed by atoms with van der Waals surface area (Å²) in [6, 6.07) is 13.8. The first-order valence-corrected chi connectivity index (χ1v) is 9.22. The Morgan fingerprint density at radius 3 is 2.10 bits per heavy atom. The Balaban J connectivity index is 0.000000592. The van der Waals surface area contributed by atoms with E-state index in [0.29, 0.717) is 16.9 Å². The van der Waals surface area contributed by atoms with Crippen molar-refractivity contribution in [3.05, 3.63) is 59.7 Å². The maximum absolute atomic E-state index is 12.2. The molecule has 1 amide bonds. The number of aliphatic carboxylic acids is 1. The van der Waals surface area contributed by atoms with Crippen LogP contribution in [0.4, 0.5) is 24.5 Å². The van der Waals surface area contributed by atoms with E-state index in [1.54, 1.807) is 36.4 Å². The highest BCUT2D eigenvalue weighted by Gasteiger charge is 2.38. The molecule has 0 heterocycles. The van der Waals surface area contributed by atoms with Crippen molar-refractivity contribution in [2.75, 3.05) is 23.8 Å². The minimum atomic E-state index is -5.08. The van der Waals surface area contributed by atoms with Crippen molar-refractivity contribution in [2.24, 2.45) is 0 Å². The molecule has 2 rings (SSSR count). The van der Waals surface area contributed by atoms with Gasteiger partial charge in [0.1, 0.15) is 0 Å². The molecule has 0 aliphatic heterocycles. The fraction of sp³-hybridized carbons (Fsp3) is 0.286. The van der Waals surface area contributed by atoms with E-state index in [1.165, 1.54) is 6.07 Å². The number of hydrogen-bond donors (Lipinski definition) is 3. The Kier molecular flexibility index (Phi) is 9.52. The minimum absolute atomic E-state index is 0.180. The van der Waals surface area contributed by atoms with Crippen LogP contribution in [0.2, 0.25) is 0 Å². The lowest BCUT2D eigenvalue weighted by molar-refractivity contribution is -0.192. The number of nitrogens with one attached hydrogen (secondary N) is 1. The van der Waals surface area contributed by atoms with E-state index in [0.717, 1.165) is 19.4 Å². The van der Waals surface area contributed by atoms with Crippen LogP contribution in [0.15, 0.2) is 48.5 Å². The van der Waals surface area contributed by atoms with Gasteiger partial charge in [-0.25, -0.2) is 9.59 Å². The third-order valence-electron chi connectivity index (χ3n) is 4.02. The van der Waals surface area contributed by atoms with Gasteiger partial charge >= 0.3 is 18.1 Å². The molecule has 168 valence electrons. The highest BCUT2D eigenvalue weighted by atomic mass is 19.4. The standard InChI is InChI=1S/C19H22N2O3.C2HF3O2/c1-3-4-12-21(2)17-11-10-15(13-16(17)19(23)24)20-18(22)14-8-6-5-7-9-14;3-2(4,5)1(6)7/h5-11,13H,3-4,12H2,1-2H3,(H,20,22)(H,23,24);(H,6,7). The number of rotatable bonds is 7. The summed E-state index contributed by atoms with van der Waals surface area (Å²) in [4.78, 5) is 34.6. The Labute approximate surface area is 177 Å². The second-order valence-electron chi connectivity index (χ2n) is 6.44. The lowest BCUT2D eigenvalue weighted by Crippen LogP contribution is -2.21. The van der Waals surface area contributed by atoms with E-state index in [-0.39, 0.29) is 11.5 Å². The molecule has 3 N–H and O–H groups in total. The summed E-state index contributed by atoms with van der Waals surface area (Å²) in [5, 5.41) is 19.3. The zero-order valence-corrected chi connectivity index (χ0v) is 16.9. The SMILES string of the molecule is CCCCN(C)c1ccc(NC(=O)c2ccccc2)cc1C(=O)O.O=C(O)C(F)(F)F. The van der Waals surface area contributed by atoms with E-state index >= 15 is 0 Å². The molecule has 0 saturated heterocycles. The fourth-order valence-electron chi connectivity index (χ4n) is 2.43. The van der Waals surface area contributed by atoms with Crippen molar-refractivity contribution >= 4 is 29.2 Å². The van der Waals surface area contributed by atoms with Crippen LogP contribution in [-0.4, -0.2) is 47.8 Å². The monoisotopic (exact) mass is 440 g/mol. The molecule has 0 spiro atoms. The van der Waals surface area contributed by atoms with Gasteiger partial charge in [0.15, 0.2) is 0 Å². The van der Waals surface area contributed by atoms with Gasteiger partial charge in [0.05, 0.1) is 11.3 Å². The number of alkyl halides is 3. The van der Waals surface area contributed by atoms with E-state index in [1.807, 2.05) is 18.0 Å². The zero-order valence-electron chi connectivity index (χ0n) is 16.9. The summed E-state index contributed by atoms with van der Waals surface area (Å²) in [5.74, 6) is -4.03. The Morgan fingerprint density at radius 1 is 1.03 bits per heavy atom. The molecule has 0 aromatic heterocycles. The van der Waals surface area contributed by atoms with Crippen LogP contribution in [-0.2, 0) is 4.79 Å². The Bertz CT molecular complexity index is 902. The topological polar surface area (TPSA) is 107 Å². The lowest BCUT2D eigenvalue weighted by atomic mass is 10.1. The molecule has 0 aliphatic carbocycles. The van der Waals surface area contributed by atoms with Crippen molar-refractivity contribution in [1.82, 2.24) is 0 Å². The summed E-state index contributed by atoms with van der Waals surface area (Å²) < 4.78 is 31.7. The second-order valence-corrected chi connectivity index (χ2v) is 6.44. The molecule has 0 bridgehead atoms. The van der Waals surface area contributed by atoms with Crippen LogP contribution in [0.25, 0.3) is 0 Å². The highest BCUT2D eigenvalue weighted by molar-refractivity contribution is 6.05. The predicted octanol–water partition coefficient (Wildman–Crippen LogP) is 4.51. The third-order valence-corrected chi connectivity index (χ3v) is 4.02. The highest BCUT2D eigenvalue weighted by Crippen LogP contribution is 2.24. The van der Waals surface area contributed by atoms with Crippen molar-refractivity contribution in [1.29, 1.82) is 0 Å². The summed E-state index contributed by atoms with van der Waals surface area (Å²) in [7, 11) is 1.87. The van der Waals surface area contributed by atoms with E-state index in [2.05, 4.69) is 12.2 Å². The normalized spacial score (nSPS) is 10.5. The molecule has 0 aliphatic rings. The first kappa shape index (κ1) is 25.5. The van der Waals surface area contributed by atoms with Gasteiger partial charge in [-0.2, -0.15) is 13.2 Å². The van der Waals surface area contributed by atoms with Crippen LogP contribution in [0.5, 0.6) is 0 Å². The number of carbonyl (C=O) groups excluding carboxylic acids is 1. The number of unbranched alkanes of at least 4 members (excludes halogenated alkanes) is 1. The minimum Gasteiger partial charge on any atom is -0.478 e. The maximum Gasteiger partial charge on any atom is 0.490 e. The number of carboxylic acid groups (broad SMARTS) is 2. The van der Waals surface area contributed by atoms with Crippen LogP contribution >= 0.6 is 0 Å². The van der Waals surface area contributed by atoms with E-state index in [9.17, 15) is 27.9 Å². The smallest absolute Gasteiger partial charge is 0.478 e. The molecule has 10 heteroatoms. The van der Waals surface area contributed by atoms with E-state index < -0.39 is 18.1 Å². The molecule has 0 fully saturated rings. The molecule has 0 saturated carbocycles. The Hall–Kier alpha value is -3.56. The molecule has 2 aromatic carbocycles. The summed E-state index contributed by atoms with van der Waals surface area (Å²) in [6.07, 6.45) is -3.06. The van der Waals surface area contributed by atoms with Crippen molar-refractivity contribution in [3.8, 4) is 0 Å². The van der Waals surface area contributed by atoms with Crippen molar-refractivity contribution in [3.63, 3.8) is 0 Å². The van der Waals surface area contributed by atoms with Crippen molar-refractivity contribution < 1.29 is 37.8 Å². The number of carbonyl (C=O) groups is 3.